The minimum Gasteiger partial charge on any atom is -0.326 e. The second-order valence-corrected chi connectivity index (χ2v) is 5.28. The van der Waals surface area contributed by atoms with Crippen molar-refractivity contribution in [3.63, 3.8) is 0 Å². The smallest absolute Gasteiger partial charge is 0.256 e. The number of carbonyl (C=O) groups excluding carboxylic acids is 1. The van der Waals surface area contributed by atoms with Crippen LogP contribution in [0.4, 0.5) is 10.1 Å². The van der Waals surface area contributed by atoms with Gasteiger partial charge >= 0.3 is 0 Å². The largest absolute Gasteiger partial charge is 0.326 e. The Morgan fingerprint density at radius 3 is 2.71 bits per heavy atom. The molecule has 3 rings (SSSR count). The highest BCUT2D eigenvalue weighted by Crippen LogP contribution is 2.32. The first-order chi connectivity index (χ1) is 8.18. The second kappa shape index (κ2) is 3.96. The van der Waals surface area contributed by atoms with E-state index in [0.29, 0.717) is 10.8 Å². The minimum absolute atomic E-state index is 0.00777. The van der Waals surface area contributed by atoms with E-state index in [-0.39, 0.29) is 17.8 Å². The van der Waals surface area contributed by atoms with Crippen LogP contribution < -0.4 is 4.90 Å². The molecular weight excluding hydrogens is 259 g/mol. The molecule has 0 radical (unpaired) electrons. The molecule has 0 spiro atoms. The first kappa shape index (κ1) is 11.0. The first-order valence-corrected chi connectivity index (χ1v) is 6.72. The molecule has 0 bridgehead atoms. The molecule has 2 aliphatic heterocycles. The minimum atomic E-state index is -0.317. The molecule has 0 unspecified atom stereocenters. The molecule has 6 heteroatoms. The molecule has 3 nitrogen and oxygen atoms in total. The van der Waals surface area contributed by atoms with E-state index in [1.54, 1.807) is 23.9 Å². The Kier molecular flexibility index (Phi) is 2.56. The van der Waals surface area contributed by atoms with E-state index in [1.165, 1.54) is 17.0 Å². The lowest BCUT2D eigenvalue weighted by atomic mass is 10.2. The summed E-state index contributed by atoms with van der Waals surface area (Å²) in [6.07, 6.45) is 0. The number of hydrogen-bond donors (Lipinski definition) is 0. The highest BCUT2D eigenvalue weighted by atomic mass is 32.2. The Morgan fingerprint density at radius 1 is 1.35 bits per heavy atom. The number of fused-ring (bicyclic) bond motifs is 1. The van der Waals surface area contributed by atoms with Crippen LogP contribution in [0.25, 0.3) is 0 Å². The predicted octanol–water partition coefficient (Wildman–Crippen LogP) is 1.83. The van der Waals surface area contributed by atoms with Gasteiger partial charge in [0.15, 0.2) is 5.11 Å². The average molecular weight is 268 g/mol. The van der Waals surface area contributed by atoms with E-state index >= 15 is 0 Å². The summed E-state index contributed by atoms with van der Waals surface area (Å²) in [6.45, 7) is 0. The quantitative estimate of drug-likeness (QED) is 0.725. The van der Waals surface area contributed by atoms with Crippen molar-refractivity contribution >= 4 is 40.7 Å². The van der Waals surface area contributed by atoms with Crippen molar-refractivity contribution in [3.05, 3.63) is 30.1 Å². The molecule has 1 amide bonds. The molecule has 2 saturated heterocycles. The Labute approximate surface area is 108 Å². The number of carbonyl (C=O) groups is 1. The fourth-order valence-corrected chi connectivity index (χ4v) is 3.65. The van der Waals surface area contributed by atoms with E-state index < -0.39 is 0 Å². The van der Waals surface area contributed by atoms with Gasteiger partial charge in [0.1, 0.15) is 11.9 Å². The summed E-state index contributed by atoms with van der Waals surface area (Å²) in [6, 6.07) is 5.69. The molecule has 0 aromatic heterocycles. The highest BCUT2D eigenvalue weighted by molar-refractivity contribution is 7.99. The Hall–Kier alpha value is -1.14. The molecule has 1 aromatic carbocycles. The van der Waals surface area contributed by atoms with Gasteiger partial charge in [0.05, 0.1) is 11.6 Å². The number of benzene rings is 1. The predicted molar refractivity (Wildman–Crippen MR) is 69.4 cm³/mol. The fraction of sp³-hybridized carbons (Fsp3) is 0.273. The van der Waals surface area contributed by atoms with Crippen molar-refractivity contribution in [3.8, 4) is 0 Å². The van der Waals surface area contributed by atoms with Crippen LogP contribution in [0.1, 0.15) is 0 Å². The maximum atomic E-state index is 12.8. The van der Waals surface area contributed by atoms with Crippen molar-refractivity contribution in [2.45, 2.75) is 6.04 Å². The monoisotopic (exact) mass is 268 g/mol. The molecule has 0 aliphatic carbocycles. The molecule has 1 aromatic rings. The molecule has 0 saturated carbocycles. The van der Waals surface area contributed by atoms with Crippen LogP contribution in [0.5, 0.6) is 0 Å². The number of amides is 1. The highest BCUT2D eigenvalue weighted by Gasteiger charge is 2.45. The van der Waals surface area contributed by atoms with Crippen LogP contribution in [-0.2, 0) is 4.79 Å². The summed E-state index contributed by atoms with van der Waals surface area (Å²) in [4.78, 5) is 15.6. The maximum absolute atomic E-state index is 12.8. The van der Waals surface area contributed by atoms with Crippen LogP contribution in [0.15, 0.2) is 24.3 Å². The third-order valence-electron chi connectivity index (χ3n) is 2.91. The van der Waals surface area contributed by atoms with E-state index in [2.05, 4.69) is 0 Å². The molecule has 0 N–H and O–H groups in total. The number of hydrogen-bond acceptors (Lipinski definition) is 3. The topological polar surface area (TPSA) is 23.6 Å². The lowest BCUT2D eigenvalue weighted by molar-refractivity contribution is -0.118. The molecule has 1 atom stereocenters. The Balaban J connectivity index is 1.96. The van der Waals surface area contributed by atoms with Gasteiger partial charge in [0, 0.05) is 5.75 Å². The molecular formula is C11H9FN2OS2. The van der Waals surface area contributed by atoms with Gasteiger partial charge in [0.2, 0.25) is 0 Å². The first-order valence-electron chi connectivity index (χ1n) is 5.16. The van der Waals surface area contributed by atoms with Gasteiger partial charge < -0.3 is 4.90 Å². The number of rotatable bonds is 1. The van der Waals surface area contributed by atoms with E-state index in [9.17, 15) is 9.18 Å². The van der Waals surface area contributed by atoms with Gasteiger partial charge in [-0.3, -0.25) is 9.69 Å². The maximum Gasteiger partial charge on any atom is 0.256 e. The molecule has 2 aliphatic rings. The normalized spacial score (nSPS) is 23.5. The van der Waals surface area contributed by atoms with Gasteiger partial charge in [-0.1, -0.05) is 0 Å². The zero-order valence-corrected chi connectivity index (χ0v) is 10.4. The third kappa shape index (κ3) is 1.63. The van der Waals surface area contributed by atoms with Crippen molar-refractivity contribution in [2.75, 3.05) is 16.5 Å². The Bertz CT molecular complexity index is 469. The van der Waals surface area contributed by atoms with Crippen LogP contribution in [0, 0.1) is 5.82 Å². The van der Waals surface area contributed by atoms with Crippen LogP contribution in [0.3, 0.4) is 0 Å². The van der Waals surface area contributed by atoms with Crippen LogP contribution in [-0.4, -0.2) is 33.6 Å². The summed E-state index contributed by atoms with van der Waals surface area (Å²) >= 11 is 7.00. The summed E-state index contributed by atoms with van der Waals surface area (Å²) in [7, 11) is 0. The standard InChI is InChI=1S/C11H9FN2OS2/c12-7-1-3-8(4-2-7)14-10(15)9-5-17-6-13(9)11(14)16/h1-4,9H,5-6H2/t9-/m0/s1. The summed E-state index contributed by atoms with van der Waals surface area (Å²) in [5.41, 5.74) is 0.640. The molecule has 17 heavy (non-hydrogen) atoms. The number of halogens is 1. The van der Waals surface area contributed by atoms with Crippen molar-refractivity contribution < 1.29 is 9.18 Å². The zero-order chi connectivity index (χ0) is 12.0. The average Bonchev–Trinajstić information content (AvgIpc) is 2.87. The van der Waals surface area contributed by atoms with Gasteiger partial charge in [0.25, 0.3) is 5.91 Å². The van der Waals surface area contributed by atoms with Gasteiger partial charge in [-0.2, -0.15) is 0 Å². The van der Waals surface area contributed by atoms with Crippen molar-refractivity contribution in [1.82, 2.24) is 4.90 Å². The lowest BCUT2D eigenvalue weighted by Gasteiger charge is -2.18. The van der Waals surface area contributed by atoms with E-state index in [1.807, 2.05) is 4.90 Å². The number of thioether (sulfide) groups is 1. The molecule has 88 valence electrons. The second-order valence-electron chi connectivity index (χ2n) is 3.92. The number of anilines is 1. The number of thiocarbonyl (C=S) groups is 1. The summed E-state index contributed by atoms with van der Waals surface area (Å²) in [5, 5.41) is 0.525. The van der Waals surface area contributed by atoms with Crippen LogP contribution >= 0.6 is 24.0 Å². The lowest BCUT2D eigenvalue weighted by Crippen LogP contribution is -2.32. The van der Waals surface area contributed by atoms with Crippen molar-refractivity contribution in [1.29, 1.82) is 0 Å². The summed E-state index contributed by atoms with van der Waals surface area (Å²) in [5.74, 6) is 1.21. The van der Waals surface area contributed by atoms with Gasteiger partial charge in [-0.05, 0) is 36.5 Å². The molecule has 2 heterocycles. The Morgan fingerprint density at radius 2 is 2.06 bits per heavy atom. The van der Waals surface area contributed by atoms with E-state index in [4.69, 9.17) is 12.2 Å². The SMILES string of the molecule is O=C1[C@@H]2CSCN2C(=S)N1c1ccc(F)cc1. The van der Waals surface area contributed by atoms with Crippen molar-refractivity contribution in [2.24, 2.45) is 0 Å². The van der Waals surface area contributed by atoms with Gasteiger partial charge in [-0.25, -0.2) is 4.39 Å². The fourth-order valence-electron chi connectivity index (χ4n) is 2.04. The molecule has 2 fully saturated rings. The van der Waals surface area contributed by atoms with E-state index in [0.717, 1.165) is 11.6 Å². The summed E-state index contributed by atoms with van der Waals surface area (Å²) < 4.78 is 12.8. The third-order valence-corrected chi connectivity index (χ3v) is 4.34. The number of nitrogens with zero attached hydrogens (tertiary/aromatic N) is 2. The van der Waals surface area contributed by atoms with Gasteiger partial charge in [-0.15, -0.1) is 11.8 Å². The zero-order valence-electron chi connectivity index (χ0n) is 8.80. The van der Waals surface area contributed by atoms with Crippen LogP contribution in [0.2, 0.25) is 0 Å².